The Labute approximate surface area is 151 Å². The maximum absolute atomic E-state index is 12.7. The van der Waals surface area contributed by atoms with Crippen molar-refractivity contribution in [2.75, 3.05) is 0 Å². The summed E-state index contributed by atoms with van der Waals surface area (Å²) in [5.41, 5.74) is 1.09. The quantitative estimate of drug-likeness (QED) is 0.638. The largest absolute Gasteiger partial charge is 0.442 e. The molecule has 0 aliphatic heterocycles. The lowest BCUT2D eigenvalue weighted by Crippen LogP contribution is -2.29. The molecule has 0 unspecified atom stereocenters. The van der Waals surface area contributed by atoms with E-state index < -0.39 is 0 Å². The predicted octanol–water partition coefficient (Wildman–Crippen LogP) is 3.12. The number of fused-ring (bicyclic) bond motifs is 1. The van der Waals surface area contributed by atoms with Crippen LogP contribution in [0.4, 0.5) is 0 Å². The Balaban J connectivity index is 1.80. The average molecular weight is 351 g/mol. The van der Waals surface area contributed by atoms with Crippen molar-refractivity contribution in [1.82, 2.24) is 15.0 Å². The zero-order chi connectivity index (χ0) is 18.5. The predicted molar refractivity (Wildman–Crippen MR) is 98.5 cm³/mol. The summed E-state index contributed by atoms with van der Waals surface area (Å²) in [7, 11) is 0. The van der Waals surface area contributed by atoms with Gasteiger partial charge in [0.2, 0.25) is 0 Å². The minimum atomic E-state index is -0.384. The van der Waals surface area contributed by atoms with Crippen molar-refractivity contribution >= 4 is 16.9 Å². The van der Waals surface area contributed by atoms with Gasteiger partial charge in [0.1, 0.15) is 5.52 Å². The highest BCUT2D eigenvalue weighted by molar-refractivity contribution is 5.78. The van der Waals surface area contributed by atoms with Crippen molar-refractivity contribution < 1.29 is 9.53 Å². The molecule has 3 aromatic rings. The fourth-order valence-corrected chi connectivity index (χ4v) is 2.92. The van der Waals surface area contributed by atoms with E-state index >= 15 is 0 Å². The zero-order valence-corrected chi connectivity index (χ0v) is 14.8. The maximum atomic E-state index is 12.7. The standard InChI is InChI=1S/C20H21N3O3/c1-3-14(2)18(15-9-5-4-6-10-15)20(25)26-13-23-19(24)16-11-7-8-12-17(16)21-22-23/h4-12,14,18H,3,13H2,1-2H3/t14-,18+/m0/s1. The Kier molecular flexibility index (Phi) is 5.41. The Hall–Kier alpha value is -3.02. The molecule has 2 atom stereocenters. The topological polar surface area (TPSA) is 74.1 Å². The molecule has 0 radical (unpaired) electrons. The van der Waals surface area contributed by atoms with Crippen LogP contribution in [-0.2, 0) is 16.3 Å². The summed E-state index contributed by atoms with van der Waals surface area (Å²) in [5, 5.41) is 8.29. The van der Waals surface area contributed by atoms with Crippen LogP contribution >= 0.6 is 0 Å². The van der Waals surface area contributed by atoms with Crippen molar-refractivity contribution in [2.24, 2.45) is 5.92 Å². The Morgan fingerprint density at radius 3 is 2.54 bits per heavy atom. The molecule has 3 rings (SSSR count). The molecule has 6 nitrogen and oxygen atoms in total. The normalized spacial score (nSPS) is 13.3. The molecule has 0 amide bonds. The number of nitrogens with zero attached hydrogens (tertiary/aromatic N) is 3. The van der Waals surface area contributed by atoms with Gasteiger partial charge in [-0.3, -0.25) is 9.59 Å². The van der Waals surface area contributed by atoms with Gasteiger partial charge in [0, 0.05) is 0 Å². The second kappa shape index (κ2) is 7.91. The van der Waals surface area contributed by atoms with Crippen molar-refractivity contribution in [3.8, 4) is 0 Å². The fraction of sp³-hybridized carbons (Fsp3) is 0.300. The van der Waals surface area contributed by atoms with Crippen LogP contribution in [0.2, 0.25) is 0 Å². The number of carbonyl (C=O) groups excluding carboxylic acids is 1. The maximum Gasteiger partial charge on any atom is 0.315 e. The first-order chi connectivity index (χ1) is 12.6. The number of esters is 1. The van der Waals surface area contributed by atoms with Gasteiger partial charge < -0.3 is 4.74 Å². The van der Waals surface area contributed by atoms with Gasteiger partial charge in [0.25, 0.3) is 5.56 Å². The number of ether oxygens (including phenoxy) is 1. The van der Waals surface area contributed by atoms with E-state index in [9.17, 15) is 9.59 Å². The third-order valence-corrected chi connectivity index (χ3v) is 4.58. The summed E-state index contributed by atoms with van der Waals surface area (Å²) in [6, 6.07) is 16.5. The molecule has 0 saturated heterocycles. The summed E-state index contributed by atoms with van der Waals surface area (Å²) in [6.07, 6.45) is 0.838. The molecule has 0 aliphatic rings. The summed E-state index contributed by atoms with van der Waals surface area (Å²) in [5.74, 6) is -0.637. The molecule has 1 aromatic heterocycles. The summed E-state index contributed by atoms with van der Waals surface area (Å²) in [6.45, 7) is 3.80. The fourth-order valence-electron chi connectivity index (χ4n) is 2.92. The van der Waals surface area contributed by atoms with Crippen molar-refractivity contribution in [2.45, 2.75) is 32.9 Å². The van der Waals surface area contributed by atoms with E-state index in [-0.39, 0.29) is 30.1 Å². The number of benzene rings is 2. The van der Waals surface area contributed by atoms with E-state index in [0.29, 0.717) is 10.9 Å². The van der Waals surface area contributed by atoms with Gasteiger partial charge in [-0.15, -0.1) is 5.10 Å². The van der Waals surface area contributed by atoms with Crippen molar-refractivity contribution in [3.63, 3.8) is 0 Å². The van der Waals surface area contributed by atoms with Crippen molar-refractivity contribution in [3.05, 3.63) is 70.5 Å². The van der Waals surface area contributed by atoms with E-state index in [1.165, 1.54) is 0 Å². The Bertz CT molecular complexity index is 953. The van der Waals surface area contributed by atoms with Crippen LogP contribution < -0.4 is 5.56 Å². The van der Waals surface area contributed by atoms with Gasteiger partial charge >= 0.3 is 5.97 Å². The molecule has 26 heavy (non-hydrogen) atoms. The molecule has 0 bridgehead atoms. The summed E-state index contributed by atoms with van der Waals surface area (Å²) >= 11 is 0. The molecule has 2 aromatic carbocycles. The number of rotatable bonds is 6. The van der Waals surface area contributed by atoms with Gasteiger partial charge in [0.05, 0.1) is 11.3 Å². The number of aromatic nitrogens is 3. The molecule has 0 fully saturated rings. The second-order valence-electron chi connectivity index (χ2n) is 6.28. The molecule has 0 spiro atoms. The zero-order valence-electron chi connectivity index (χ0n) is 14.8. The number of hydrogen-bond donors (Lipinski definition) is 0. The van der Waals surface area contributed by atoms with Gasteiger partial charge in [-0.1, -0.05) is 67.9 Å². The molecular formula is C20H21N3O3. The van der Waals surface area contributed by atoms with Crippen LogP contribution in [0.5, 0.6) is 0 Å². The van der Waals surface area contributed by atoms with Crippen LogP contribution in [0.15, 0.2) is 59.4 Å². The highest BCUT2D eigenvalue weighted by atomic mass is 16.5. The molecular weight excluding hydrogens is 330 g/mol. The first-order valence-corrected chi connectivity index (χ1v) is 8.66. The van der Waals surface area contributed by atoms with Crippen LogP contribution in [0.3, 0.4) is 0 Å². The minimum absolute atomic E-state index is 0.115. The average Bonchev–Trinajstić information content (AvgIpc) is 2.68. The van der Waals surface area contributed by atoms with Crippen LogP contribution in [-0.4, -0.2) is 21.0 Å². The molecule has 0 saturated carbocycles. The summed E-state index contributed by atoms with van der Waals surface area (Å²) in [4.78, 5) is 25.1. The smallest absolute Gasteiger partial charge is 0.315 e. The first-order valence-electron chi connectivity index (χ1n) is 8.66. The van der Waals surface area contributed by atoms with Crippen LogP contribution in [0.1, 0.15) is 31.7 Å². The third kappa shape index (κ3) is 3.64. The Morgan fingerprint density at radius 2 is 1.81 bits per heavy atom. The Morgan fingerprint density at radius 1 is 1.12 bits per heavy atom. The van der Waals surface area contributed by atoms with Gasteiger partial charge in [-0.2, -0.15) is 4.68 Å². The van der Waals surface area contributed by atoms with Crippen LogP contribution in [0.25, 0.3) is 10.9 Å². The highest BCUT2D eigenvalue weighted by Crippen LogP contribution is 2.28. The monoisotopic (exact) mass is 351 g/mol. The first kappa shape index (κ1) is 17.8. The molecule has 0 aliphatic carbocycles. The highest BCUT2D eigenvalue weighted by Gasteiger charge is 2.27. The second-order valence-corrected chi connectivity index (χ2v) is 6.28. The van der Waals surface area contributed by atoms with E-state index in [4.69, 9.17) is 4.74 Å². The van der Waals surface area contributed by atoms with Gasteiger partial charge in [0.15, 0.2) is 6.73 Å². The molecule has 134 valence electrons. The lowest BCUT2D eigenvalue weighted by molar-refractivity contribution is -0.151. The van der Waals surface area contributed by atoms with E-state index in [1.807, 2.05) is 44.2 Å². The number of hydrogen-bond acceptors (Lipinski definition) is 5. The SMILES string of the molecule is CC[C@H](C)[C@@H](C(=O)OCn1nnc2ccccc2c1=O)c1ccccc1. The van der Waals surface area contributed by atoms with Gasteiger partial charge in [-0.05, 0) is 23.6 Å². The molecule has 1 heterocycles. The lowest BCUT2D eigenvalue weighted by atomic mass is 9.86. The van der Waals surface area contributed by atoms with Crippen LogP contribution in [0, 0.1) is 5.92 Å². The van der Waals surface area contributed by atoms with E-state index in [0.717, 1.165) is 16.7 Å². The third-order valence-electron chi connectivity index (χ3n) is 4.58. The minimum Gasteiger partial charge on any atom is -0.442 e. The lowest BCUT2D eigenvalue weighted by Gasteiger charge is -2.21. The van der Waals surface area contributed by atoms with E-state index in [2.05, 4.69) is 10.3 Å². The van der Waals surface area contributed by atoms with Crippen molar-refractivity contribution in [1.29, 1.82) is 0 Å². The number of carbonyl (C=O) groups is 1. The molecule has 0 N–H and O–H groups in total. The summed E-state index contributed by atoms with van der Waals surface area (Å²) < 4.78 is 6.49. The molecule has 6 heteroatoms. The van der Waals surface area contributed by atoms with Gasteiger partial charge in [-0.25, -0.2) is 0 Å². The van der Waals surface area contributed by atoms with E-state index in [1.54, 1.807) is 24.3 Å².